The maximum Gasteiger partial charge on any atom is 0.403 e. The maximum absolute atomic E-state index is 12.6. The third-order valence-electron chi connectivity index (χ3n) is 5.51. The summed E-state index contributed by atoms with van der Waals surface area (Å²) < 4.78 is 37.7. The van der Waals surface area contributed by atoms with E-state index in [4.69, 9.17) is 0 Å². The van der Waals surface area contributed by atoms with E-state index in [1.54, 1.807) is 0 Å². The highest BCUT2D eigenvalue weighted by Gasteiger charge is 2.39. The highest BCUT2D eigenvalue weighted by molar-refractivity contribution is 5.46. The Labute approximate surface area is 153 Å². The van der Waals surface area contributed by atoms with Crippen molar-refractivity contribution in [3.05, 3.63) is 35.9 Å². The normalized spacial score (nSPS) is 24.1. The Bertz CT molecular complexity index is 569. The zero-order chi connectivity index (χ0) is 19.4. The average Bonchev–Trinajstić information content (AvgIpc) is 2.59. The Morgan fingerprint density at radius 2 is 1.69 bits per heavy atom. The van der Waals surface area contributed by atoms with Gasteiger partial charge in [-0.15, -0.1) is 0 Å². The lowest BCUT2D eigenvalue weighted by Crippen LogP contribution is -2.49. The minimum absolute atomic E-state index is 0.0539. The van der Waals surface area contributed by atoms with Crippen LogP contribution < -0.4 is 0 Å². The highest BCUT2D eigenvalue weighted by atomic mass is 19.4. The Kier molecular flexibility index (Phi) is 6.69. The fraction of sp³-hybridized carbons (Fsp3) is 0.632. The number of halogens is 3. The molecule has 1 fully saturated rings. The first-order valence-electron chi connectivity index (χ1n) is 8.90. The van der Waals surface area contributed by atoms with Crippen LogP contribution in [0.2, 0.25) is 0 Å². The molecule has 1 aromatic carbocycles. The Balaban J connectivity index is 2.01. The number of benzene rings is 1. The van der Waals surface area contributed by atoms with Crippen molar-refractivity contribution in [2.75, 3.05) is 34.2 Å². The van der Waals surface area contributed by atoms with Crippen LogP contribution in [0.3, 0.4) is 0 Å². The largest absolute Gasteiger partial charge is 0.403 e. The number of hydrogen-bond donors (Lipinski definition) is 0. The molecule has 1 aliphatic rings. The predicted octanol–water partition coefficient (Wildman–Crippen LogP) is 3.50. The van der Waals surface area contributed by atoms with Gasteiger partial charge in [0.2, 0.25) is 6.41 Å². The third-order valence-corrected chi connectivity index (χ3v) is 5.51. The molecule has 4 nitrogen and oxygen atoms in total. The summed E-state index contributed by atoms with van der Waals surface area (Å²) in [6.07, 6.45) is -0.240. The minimum Gasteiger partial charge on any atom is -0.300 e. The second-order valence-corrected chi connectivity index (χ2v) is 7.39. The number of carbonyl (C=O) groups excluding carboxylic acids is 1. The zero-order valence-corrected chi connectivity index (χ0v) is 15.7. The Hall–Kier alpha value is -1.60. The van der Waals surface area contributed by atoms with Crippen molar-refractivity contribution < 1.29 is 18.0 Å². The van der Waals surface area contributed by atoms with Gasteiger partial charge >= 0.3 is 6.18 Å². The number of rotatable bonds is 7. The van der Waals surface area contributed by atoms with Gasteiger partial charge in [0.1, 0.15) is 6.54 Å². The molecule has 0 atom stereocenters. The first-order chi connectivity index (χ1) is 12.2. The van der Waals surface area contributed by atoms with Gasteiger partial charge in [-0.3, -0.25) is 14.7 Å². The van der Waals surface area contributed by atoms with Gasteiger partial charge in [0, 0.05) is 19.1 Å². The second kappa shape index (κ2) is 8.39. The summed E-state index contributed by atoms with van der Waals surface area (Å²) in [4.78, 5) is 13.5. The first kappa shape index (κ1) is 20.7. The average molecular weight is 371 g/mol. The number of hydrogen-bond acceptors (Lipinski definition) is 3. The lowest BCUT2D eigenvalue weighted by atomic mass is 9.72. The molecule has 2 rings (SSSR count). The van der Waals surface area contributed by atoms with Crippen LogP contribution in [-0.4, -0.2) is 61.7 Å². The van der Waals surface area contributed by atoms with Gasteiger partial charge in [-0.1, -0.05) is 30.3 Å². The second-order valence-electron chi connectivity index (χ2n) is 7.39. The van der Waals surface area contributed by atoms with Gasteiger partial charge in [0.25, 0.3) is 0 Å². The van der Waals surface area contributed by atoms with Gasteiger partial charge in [-0.2, -0.15) is 13.2 Å². The Morgan fingerprint density at radius 1 is 1.12 bits per heavy atom. The topological polar surface area (TPSA) is 26.8 Å². The summed E-state index contributed by atoms with van der Waals surface area (Å²) in [7, 11) is 5.45. The lowest BCUT2D eigenvalue weighted by Gasteiger charge is -2.46. The third kappa shape index (κ3) is 4.98. The quantitative estimate of drug-likeness (QED) is 0.542. The predicted molar refractivity (Wildman–Crippen MR) is 95.2 cm³/mol. The van der Waals surface area contributed by atoms with Crippen LogP contribution >= 0.6 is 0 Å². The van der Waals surface area contributed by atoms with Crippen molar-refractivity contribution in [2.45, 2.75) is 37.4 Å². The van der Waals surface area contributed by atoms with Crippen LogP contribution in [0.4, 0.5) is 13.2 Å². The molecule has 0 saturated heterocycles. The van der Waals surface area contributed by atoms with E-state index < -0.39 is 12.7 Å². The number of alkyl halides is 3. The van der Waals surface area contributed by atoms with Crippen molar-refractivity contribution in [3.63, 3.8) is 0 Å². The Morgan fingerprint density at radius 3 is 2.15 bits per heavy atom. The molecule has 0 aromatic heterocycles. The van der Waals surface area contributed by atoms with E-state index in [9.17, 15) is 18.0 Å². The first-order valence-corrected chi connectivity index (χ1v) is 8.90. The van der Waals surface area contributed by atoms with E-state index in [1.807, 2.05) is 18.2 Å². The molecule has 0 aliphatic heterocycles. The molecule has 26 heavy (non-hydrogen) atoms. The number of amides is 1. The molecule has 1 saturated carbocycles. The minimum atomic E-state index is -4.32. The van der Waals surface area contributed by atoms with Gasteiger partial charge < -0.3 is 0 Å². The summed E-state index contributed by atoms with van der Waals surface area (Å²) in [5, 5.41) is 2.11. The van der Waals surface area contributed by atoms with Gasteiger partial charge in [-0.25, -0.2) is 5.01 Å². The lowest BCUT2D eigenvalue weighted by molar-refractivity contribution is -0.178. The van der Waals surface area contributed by atoms with Crippen LogP contribution in [0.25, 0.3) is 0 Å². The van der Waals surface area contributed by atoms with Crippen molar-refractivity contribution in [1.82, 2.24) is 14.9 Å². The highest BCUT2D eigenvalue weighted by Crippen LogP contribution is 2.43. The van der Waals surface area contributed by atoms with E-state index >= 15 is 0 Å². The monoisotopic (exact) mass is 371 g/mol. The van der Waals surface area contributed by atoms with E-state index in [-0.39, 0.29) is 11.5 Å². The van der Waals surface area contributed by atoms with E-state index in [2.05, 4.69) is 31.1 Å². The fourth-order valence-corrected chi connectivity index (χ4v) is 3.96. The van der Waals surface area contributed by atoms with E-state index in [1.165, 1.54) is 12.6 Å². The zero-order valence-electron chi connectivity index (χ0n) is 15.7. The number of nitrogens with zero attached hydrogens (tertiary/aromatic N) is 3. The molecule has 0 radical (unpaired) electrons. The van der Waals surface area contributed by atoms with Crippen LogP contribution in [-0.2, 0) is 10.3 Å². The summed E-state index contributed by atoms with van der Waals surface area (Å²) in [5.41, 5.74) is 1.21. The molecule has 0 N–H and O–H groups in total. The van der Waals surface area contributed by atoms with Crippen LogP contribution in [0.15, 0.2) is 30.3 Å². The summed E-state index contributed by atoms with van der Waals surface area (Å²) in [6.45, 7) is -0.793. The molecule has 1 aromatic rings. The van der Waals surface area contributed by atoms with Crippen molar-refractivity contribution >= 4 is 6.41 Å². The van der Waals surface area contributed by atoms with Gasteiger partial charge in [0.05, 0.1) is 0 Å². The van der Waals surface area contributed by atoms with E-state index in [0.717, 1.165) is 35.7 Å². The van der Waals surface area contributed by atoms with Crippen molar-refractivity contribution in [1.29, 1.82) is 0 Å². The summed E-state index contributed by atoms with van der Waals surface area (Å²) in [6, 6.07) is 10.3. The molecule has 0 spiro atoms. The smallest absolute Gasteiger partial charge is 0.300 e. The van der Waals surface area contributed by atoms with Crippen LogP contribution in [0.1, 0.15) is 31.2 Å². The SMILES string of the molecule is CN(CC(F)(F)F)N(C=O)CC1CCC(c2ccccc2)(N(C)C)CC1. The van der Waals surface area contributed by atoms with Crippen molar-refractivity contribution in [3.8, 4) is 0 Å². The van der Waals surface area contributed by atoms with E-state index in [0.29, 0.717) is 13.0 Å². The molecule has 7 heteroatoms. The maximum atomic E-state index is 12.6. The standard InChI is InChI=1S/C19H28F3N3O/c1-23(2)18(17-7-5-4-6-8-17)11-9-16(10-12-18)13-25(15-26)24(3)14-19(20,21)22/h4-8,15-16H,9-14H2,1-3H3. The molecular weight excluding hydrogens is 343 g/mol. The fourth-order valence-electron chi connectivity index (χ4n) is 3.96. The van der Waals surface area contributed by atoms with Gasteiger partial charge in [0.15, 0.2) is 0 Å². The molecule has 1 aliphatic carbocycles. The molecule has 1 amide bonds. The van der Waals surface area contributed by atoms with Crippen LogP contribution in [0, 0.1) is 5.92 Å². The molecule has 0 bridgehead atoms. The molecule has 146 valence electrons. The van der Waals surface area contributed by atoms with Crippen LogP contribution in [0.5, 0.6) is 0 Å². The van der Waals surface area contributed by atoms with Gasteiger partial charge in [-0.05, 0) is 51.3 Å². The molecular formula is C19H28F3N3O. The molecule has 0 heterocycles. The van der Waals surface area contributed by atoms with Crippen molar-refractivity contribution in [2.24, 2.45) is 5.92 Å². The molecule has 0 unspecified atom stereocenters. The summed E-state index contributed by atoms with van der Waals surface area (Å²) in [5.74, 6) is 0.202. The number of carbonyl (C=O) groups is 1. The summed E-state index contributed by atoms with van der Waals surface area (Å²) >= 11 is 0. The number of hydrazine groups is 1.